The Morgan fingerprint density at radius 3 is 2.60 bits per heavy atom. The molecule has 2 aromatic heterocycles. The van der Waals surface area contributed by atoms with Crippen LogP contribution in [0.15, 0.2) is 55.0 Å². The van der Waals surface area contributed by atoms with Crippen molar-refractivity contribution < 1.29 is 21.2 Å². The highest BCUT2D eigenvalue weighted by Crippen LogP contribution is 2.18. The number of amides is 1. The molecule has 6 nitrogen and oxygen atoms in total. The lowest BCUT2D eigenvalue weighted by molar-refractivity contribution is 0.0946. The van der Waals surface area contributed by atoms with Crippen LogP contribution in [0.1, 0.15) is 38.3 Å². The quantitative estimate of drug-likeness (QED) is 0.614. The summed E-state index contributed by atoms with van der Waals surface area (Å²) in [6.45, 7) is 5.73. The number of hydrogen-bond acceptors (Lipinski definition) is 5. The van der Waals surface area contributed by atoms with E-state index in [9.17, 15) is 13.6 Å². The lowest BCUT2D eigenvalue weighted by atomic mass is 10.1. The Morgan fingerprint density at radius 1 is 1.20 bits per heavy atom. The van der Waals surface area contributed by atoms with Crippen LogP contribution in [0.3, 0.4) is 0 Å². The second-order valence-electron chi connectivity index (χ2n) is 6.30. The molecule has 0 bridgehead atoms. The summed E-state index contributed by atoms with van der Waals surface area (Å²) >= 11 is 0. The summed E-state index contributed by atoms with van der Waals surface area (Å²) in [6, 6.07) is 11.5. The van der Waals surface area contributed by atoms with Crippen molar-refractivity contribution in [2.75, 3.05) is 6.61 Å². The van der Waals surface area contributed by atoms with Crippen molar-refractivity contribution >= 4 is 5.91 Å². The summed E-state index contributed by atoms with van der Waals surface area (Å²) < 4.78 is 26.0. The van der Waals surface area contributed by atoms with Crippen molar-refractivity contribution in [3.05, 3.63) is 71.8 Å². The molecule has 0 saturated heterocycles. The Kier molecular flexibility index (Phi) is 8.80. The lowest BCUT2D eigenvalue weighted by Gasteiger charge is -2.07. The fourth-order valence-corrected chi connectivity index (χ4v) is 2.48. The molecule has 0 unspecified atom stereocenters. The van der Waals surface area contributed by atoms with E-state index >= 15 is 0 Å². The summed E-state index contributed by atoms with van der Waals surface area (Å²) in [5, 5.41) is 2.88. The molecule has 0 radical (unpaired) electrons. The highest BCUT2D eigenvalue weighted by atomic mass is 19.3. The second kappa shape index (κ2) is 11.5. The number of benzene rings is 1. The van der Waals surface area contributed by atoms with Gasteiger partial charge < -0.3 is 10.1 Å². The van der Waals surface area contributed by atoms with E-state index in [1.165, 1.54) is 0 Å². The normalized spacial score (nSPS) is 10.2. The molecule has 0 aliphatic rings. The number of carbonyl (C=O) groups is 1. The van der Waals surface area contributed by atoms with Gasteiger partial charge in [0, 0.05) is 21.2 Å². The molecule has 0 aliphatic carbocycles. The van der Waals surface area contributed by atoms with E-state index in [1.54, 1.807) is 30.7 Å². The third-order valence-electron chi connectivity index (χ3n) is 3.73. The van der Waals surface area contributed by atoms with Crippen LogP contribution in [0.5, 0.6) is 5.88 Å². The first-order valence-electron chi connectivity index (χ1n) is 9.42. The molecular formula is C22H28F2N4O2. The van der Waals surface area contributed by atoms with Crippen LogP contribution in [-0.4, -0.2) is 33.9 Å². The van der Waals surface area contributed by atoms with Crippen LogP contribution in [0.25, 0.3) is 11.3 Å². The molecule has 1 aromatic carbocycles. The van der Waals surface area contributed by atoms with Crippen molar-refractivity contribution in [3.63, 3.8) is 0 Å². The molecule has 0 saturated carbocycles. The number of pyridine rings is 1. The smallest absolute Gasteiger partial charge is 0.270 e. The molecule has 0 spiro atoms. The predicted molar refractivity (Wildman–Crippen MR) is 115 cm³/mol. The van der Waals surface area contributed by atoms with Gasteiger partial charge in [0.15, 0.2) is 0 Å². The first kappa shape index (κ1) is 22.9. The number of carbonyl (C=O) groups excluding carboxylic acids is 1. The number of nitrogens with zero attached hydrogens (tertiary/aromatic N) is 3. The van der Waals surface area contributed by atoms with Crippen molar-refractivity contribution in [1.82, 2.24) is 20.3 Å². The molecule has 1 N–H and O–H groups in total. The van der Waals surface area contributed by atoms with Gasteiger partial charge in [0.1, 0.15) is 5.69 Å². The lowest BCUT2D eigenvalue weighted by Crippen LogP contribution is -2.23. The molecule has 3 aromatic rings. The van der Waals surface area contributed by atoms with Crippen LogP contribution in [0.2, 0.25) is 0 Å². The van der Waals surface area contributed by atoms with Crippen LogP contribution in [-0.2, 0) is 6.54 Å². The Balaban J connectivity index is 0.00000148. The first-order chi connectivity index (χ1) is 14.4. The molecule has 162 valence electrons. The molecule has 3 rings (SSSR count). The van der Waals surface area contributed by atoms with Gasteiger partial charge in [-0.25, -0.2) is 13.8 Å². The van der Waals surface area contributed by atoms with Crippen LogP contribution >= 0.6 is 0 Å². The maximum atomic E-state index is 12.3. The number of nitrogens with one attached hydrogen (secondary N) is 1. The van der Waals surface area contributed by atoms with Crippen LogP contribution in [0.4, 0.5) is 8.78 Å². The zero-order valence-corrected chi connectivity index (χ0v) is 17.1. The van der Waals surface area contributed by atoms with E-state index in [-0.39, 0.29) is 8.76 Å². The molecular weight excluding hydrogens is 390 g/mol. The minimum atomic E-state index is -2.17. The van der Waals surface area contributed by atoms with E-state index in [4.69, 9.17) is 4.74 Å². The highest BCUT2D eigenvalue weighted by Gasteiger charge is 2.09. The zero-order chi connectivity index (χ0) is 21.9. The third-order valence-corrected chi connectivity index (χ3v) is 3.73. The minimum Gasteiger partial charge on any atom is -0.477 e. The number of rotatable bonds is 6. The minimum absolute atomic E-state index is 0. The molecule has 0 atom stereocenters. The third kappa shape index (κ3) is 7.54. The topological polar surface area (TPSA) is 77.0 Å². The van der Waals surface area contributed by atoms with Gasteiger partial charge in [0.05, 0.1) is 24.7 Å². The molecule has 1 amide bonds. The number of hydrogen-bond donors (Lipinski definition) is 1. The molecule has 0 fully saturated rings. The van der Waals surface area contributed by atoms with E-state index in [0.717, 1.165) is 23.6 Å². The van der Waals surface area contributed by atoms with Gasteiger partial charge in [0.25, 0.3) is 5.91 Å². The summed E-state index contributed by atoms with van der Waals surface area (Å²) in [5.74, 6) is 0.247. The van der Waals surface area contributed by atoms with E-state index in [0.29, 0.717) is 30.4 Å². The molecule has 8 heteroatoms. The van der Waals surface area contributed by atoms with Gasteiger partial charge in [-0.1, -0.05) is 29.8 Å². The number of aryl methyl sites for hydroxylation is 1. The maximum absolute atomic E-state index is 12.3. The summed E-state index contributed by atoms with van der Waals surface area (Å²) in [6.07, 6.45) is 2.64. The largest absolute Gasteiger partial charge is 0.477 e. The Hall–Kier alpha value is -3.42. The summed E-state index contributed by atoms with van der Waals surface area (Å²) in [5.41, 5.74) is 3.99. The number of halogens is 2. The molecule has 30 heavy (non-hydrogen) atoms. The highest BCUT2D eigenvalue weighted by molar-refractivity contribution is 5.92. The SMILES string of the molecule is CC(F)F.CCOc1cncc(-c2ccc(C(=O)NCc3cccc(C)c3)nc2)n1.[HH].[HH]. The number of ether oxygens (including phenoxy) is 1. The van der Waals surface area contributed by atoms with Gasteiger partial charge in [0.2, 0.25) is 12.3 Å². The summed E-state index contributed by atoms with van der Waals surface area (Å²) in [4.78, 5) is 25.0. The first-order valence-corrected chi connectivity index (χ1v) is 9.42. The average molecular weight is 418 g/mol. The van der Waals surface area contributed by atoms with Crippen molar-refractivity contribution in [2.45, 2.75) is 33.7 Å². The zero-order valence-electron chi connectivity index (χ0n) is 17.1. The average Bonchev–Trinajstić information content (AvgIpc) is 2.72. The predicted octanol–water partition coefficient (Wildman–Crippen LogP) is 4.94. The Labute approximate surface area is 177 Å². The van der Waals surface area contributed by atoms with Crippen LogP contribution in [0, 0.1) is 6.92 Å². The van der Waals surface area contributed by atoms with E-state index in [2.05, 4.69) is 20.3 Å². The Morgan fingerprint density at radius 2 is 1.97 bits per heavy atom. The fraction of sp³-hybridized carbons (Fsp3) is 0.273. The van der Waals surface area contributed by atoms with Crippen molar-refractivity contribution in [2.24, 2.45) is 0 Å². The molecule has 2 heterocycles. The fourth-order valence-electron chi connectivity index (χ4n) is 2.48. The standard InChI is InChI=1S/C20H20N4O2.C2H4F2.2H2/c1-3-26-19-13-21-12-18(24-19)16-7-8-17(22-11-16)20(25)23-10-15-6-4-5-14(2)9-15;1-2(3)4;;/h4-9,11-13H,3,10H2,1-2H3,(H,23,25);2H,1H3;2*1H. The van der Waals surface area contributed by atoms with Gasteiger partial charge >= 0.3 is 0 Å². The Bertz CT molecular complexity index is 958. The second-order valence-corrected chi connectivity index (χ2v) is 6.30. The van der Waals surface area contributed by atoms with Gasteiger partial charge in [-0.15, -0.1) is 0 Å². The molecule has 0 aliphatic heterocycles. The summed E-state index contributed by atoms with van der Waals surface area (Å²) in [7, 11) is 0. The van der Waals surface area contributed by atoms with E-state index in [1.807, 2.05) is 38.1 Å². The van der Waals surface area contributed by atoms with Gasteiger partial charge in [-0.3, -0.25) is 14.8 Å². The van der Waals surface area contributed by atoms with Crippen LogP contribution < -0.4 is 10.1 Å². The van der Waals surface area contributed by atoms with Crippen molar-refractivity contribution in [3.8, 4) is 17.1 Å². The van der Waals surface area contributed by atoms with Gasteiger partial charge in [-0.05, 0) is 38.5 Å². The number of alkyl halides is 2. The monoisotopic (exact) mass is 418 g/mol. The van der Waals surface area contributed by atoms with E-state index < -0.39 is 6.43 Å². The van der Waals surface area contributed by atoms with Gasteiger partial charge in [-0.2, -0.15) is 0 Å². The number of aromatic nitrogens is 3. The maximum Gasteiger partial charge on any atom is 0.270 e. The van der Waals surface area contributed by atoms with Crippen molar-refractivity contribution in [1.29, 1.82) is 0 Å².